The van der Waals surface area contributed by atoms with Gasteiger partial charge < -0.3 is 10.4 Å². The molecule has 1 aromatic carbocycles. The van der Waals surface area contributed by atoms with E-state index in [4.69, 9.17) is 0 Å². The predicted molar refractivity (Wildman–Crippen MR) is 94.8 cm³/mol. The van der Waals surface area contributed by atoms with E-state index in [-0.39, 0.29) is 11.9 Å². The molecule has 5 nitrogen and oxygen atoms in total. The fourth-order valence-electron chi connectivity index (χ4n) is 2.60. The highest BCUT2D eigenvalue weighted by Gasteiger charge is 2.16. The molecule has 130 valence electrons. The van der Waals surface area contributed by atoms with Crippen molar-refractivity contribution in [3.05, 3.63) is 53.3 Å². The molecular weight excluding hydrogens is 302 g/mol. The number of amides is 1. The quantitative estimate of drug-likeness (QED) is 0.820. The van der Waals surface area contributed by atoms with Crippen molar-refractivity contribution in [2.75, 3.05) is 0 Å². The minimum Gasteiger partial charge on any atom is -0.390 e. The van der Waals surface area contributed by atoms with E-state index in [2.05, 4.69) is 10.4 Å². The smallest absolute Gasteiger partial charge is 0.251 e. The Hall–Kier alpha value is -2.14. The molecule has 24 heavy (non-hydrogen) atoms. The van der Waals surface area contributed by atoms with Crippen LogP contribution in [0.5, 0.6) is 0 Å². The SMILES string of the molecule is CCC(NC(=O)c1cccc(CCC(C)(C)O)c1)c1cnn(C)c1. The van der Waals surface area contributed by atoms with Crippen LogP contribution in [0.25, 0.3) is 0 Å². The van der Waals surface area contributed by atoms with E-state index in [9.17, 15) is 9.90 Å². The molecule has 2 rings (SSSR count). The van der Waals surface area contributed by atoms with E-state index in [0.717, 1.165) is 24.0 Å². The van der Waals surface area contributed by atoms with Crippen LogP contribution in [0.2, 0.25) is 0 Å². The highest BCUT2D eigenvalue weighted by molar-refractivity contribution is 5.94. The summed E-state index contributed by atoms with van der Waals surface area (Å²) in [6.45, 7) is 5.63. The van der Waals surface area contributed by atoms with Crippen LogP contribution >= 0.6 is 0 Å². The van der Waals surface area contributed by atoms with Crippen molar-refractivity contribution in [3.63, 3.8) is 0 Å². The zero-order valence-corrected chi connectivity index (χ0v) is 14.9. The van der Waals surface area contributed by atoms with Gasteiger partial charge in [-0.05, 0) is 50.8 Å². The highest BCUT2D eigenvalue weighted by Crippen LogP contribution is 2.18. The van der Waals surface area contributed by atoms with Crippen molar-refractivity contribution in [2.24, 2.45) is 7.05 Å². The summed E-state index contributed by atoms with van der Waals surface area (Å²) in [5.74, 6) is -0.0872. The summed E-state index contributed by atoms with van der Waals surface area (Å²) in [6, 6.07) is 7.54. The Bertz CT molecular complexity index is 686. The lowest BCUT2D eigenvalue weighted by atomic mass is 9.97. The summed E-state index contributed by atoms with van der Waals surface area (Å²) < 4.78 is 1.74. The largest absolute Gasteiger partial charge is 0.390 e. The average molecular weight is 329 g/mol. The first-order chi connectivity index (χ1) is 11.3. The number of benzene rings is 1. The number of aryl methyl sites for hydroxylation is 2. The van der Waals surface area contributed by atoms with Crippen LogP contribution in [0.4, 0.5) is 0 Å². The molecule has 0 spiro atoms. The van der Waals surface area contributed by atoms with Crippen LogP contribution < -0.4 is 5.32 Å². The third-order valence-corrected chi connectivity index (χ3v) is 4.06. The van der Waals surface area contributed by atoms with E-state index in [1.165, 1.54) is 0 Å². The van der Waals surface area contributed by atoms with E-state index in [1.807, 2.05) is 44.4 Å². The number of aromatic nitrogens is 2. The van der Waals surface area contributed by atoms with Gasteiger partial charge in [0.1, 0.15) is 0 Å². The number of aliphatic hydroxyl groups is 1. The van der Waals surface area contributed by atoms with Crippen molar-refractivity contribution in [2.45, 2.75) is 51.7 Å². The second-order valence-electron chi connectivity index (χ2n) is 6.89. The standard InChI is InChI=1S/C19H27N3O2/c1-5-17(16-12-20-22(4)13-16)21-18(23)15-8-6-7-14(11-15)9-10-19(2,3)24/h6-8,11-13,17,24H,5,9-10H2,1-4H3,(H,21,23). The Morgan fingerprint density at radius 1 is 1.42 bits per heavy atom. The van der Waals surface area contributed by atoms with E-state index in [0.29, 0.717) is 12.0 Å². The monoisotopic (exact) mass is 329 g/mol. The van der Waals surface area contributed by atoms with Crippen molar-refractivity contribution >= 4 is 5.91 Å². The molecule has 0 bridgehead atoms. The average Bonchev–Trinajstić information content (AvgIpc) is 2.96. The number of nitrogens with zero attached hydrogens (tertiary/aromatic N) is 2. The number of nitrogens with one attached hydrogen (secondary N) is 1. The van der Waals surface area contributed by atoms with Gasteiger partial charge >= 0.3 is 0 Å². The number of carbonyl (C=O) groups excluding carboxylic acids is 1. The summed E-state index contributed by atoms with van der Waals surface area (Å²) in [5, 5.41) is 17.1. The first-order valence-corrected chi connectivity index (χ1v) is 8.39. The summed E-state index contributed by atoms with van der Waals surface area (Å²) in [6.07, 6.45) is 5.91. The summed E-state index contributed by atoms with van der Waals surface area (Å²) >= 11 is 0. The van der Waals surface area contributed by atoms with Crippen LogP contribution in [-0.4, -0.2) is 26.4 Å². The van der Waals surface area contributed by atoms with Gasteiger partial charge in [-0.15, -0.1) is 0 Å². The first-order valence-electron chi connectivity index (χ1n) is 8.39. The van der Waals surface area contributed by atoms with Gasteiger partial charge in [-0.25, -0.2) is 0 Å². The third-order valence-electron chi connectivity index (χ3n) is 4.06. The van der Waals surface area contributed by atoms with E-state index >= 15 is 0 Å². The van der Waals surface area contributed by atoms with E-state index in [1.54, 1.807) is 24.7 Å². The first kappa shape index (κ1) is 18.2. The summed E-state index contributed by atoms with van der Waals surface area (Å²) in [5.41, 5.74) is 2.00. The minimum absolute atomic E-state index is 0.0498. The molecule has 2 aromatic rings. The number of hydrogen-bond donors (Lipinski definition) is 2. The zero-order chi connectivity index (χ0) is 17.7. The topological polar surface area (TPSA) is 67.2 Å². The normalized spacial score (nSPS) is 12.9. The van der Waals surface area contributed by atoms with Gasteiger partial charge in [0.2, 0.25) is 0 Å². The maximum absolute atomic E-state index is 12.6. The fraction of sp³-hybridized carbons (Fsp3) is 0.474. The maximum atomic E-state index is 12.6. The zero-order valence-electron chi connectivity index (χ0n) is 14.9. The van der Waals surface area contributed by atoms with Gasteiger partial charge in [0.25, 0.3) is 5.91 Å². The predicted octanol–water partition coefficient (Wildman–Crippen LogP) is 3.00. The van der Waals surface area contributed by atoms with E-state index < -0.39 is 5.60 Å². The molecule has 0 aliphatic rings. The van der Waals surface area contributed by atoms with Crippen LogP contribution in [-0.2, 0) is 13.5 Å². The second kappa shape index (κ2) is 7.62. The third kappa shape index (κ3) is 5.20. The molecule has 5 heteroatoms. The van der Waals surface area contributed by atoms with Gasteiger partial charge in [-0.1, -0.05) is 19.1 Å². The number of hydrogen-bond acceptors (Lipinski definition) is 3. The molecule has 0 aliphatic carbocycles. The molecule has 0 aliphatic heterocycles. The lowest BCUT2D eigenvalue weighted by Gasteiger charge is -2.17. The Morgan fingerprint density at radius 3 is 2.75 bits per heavy atom. The van der Waals surface area contributed by atoms with Crippen molar-refractivity contribution < 1.29 is 9.90 Å². The Balaban J connectivity index is 2.06. The number of carbonyl (C=O) groups is 1. The molecule has 1 unspecified atom stereocenters. The molecule has 0 saturated heterocycles. The Labute approximate surface area is 143 Å². The van der Waals surface area contributed by atoms with Gasteiger partial charge in [-0.3, -0.25) is 9.48 Å². The molecule has 0 radical (unpaired) electrons. The molecule has 1 amide bonds. The van der Waals surface area contributed by atoms with Crippen LogP contribution in [0.15, 0.2) is 36.7 Å². The van der Waals surface area contributed by atoms with Crippen LogP contribution in [0.1, 0.15) is 61.1 Å². The second-order valence-corrected chi connectivity index (χ2v) is 6.89. The summed E-state index contributed by atoms with van der Waals surface area (Å²) in [7, 11) is 1.87. The van der Waals surface area contributed by atoms with Crippen molar-refractivity contribution in [1.29, 1.82) is 0 Å². The van der Waals surface area contributed by atoms with Gasteiger partial charge in [-0.2, -0.15) is 5.10 Å². The molecule has 2 N–H and O–H groups in total. The lowest BCUT2D eigenvalue weighted by Crippen LogP contribution is -2.28. The van der Waals surface area contributed by atoms with Crippen LogP contribution in [0, 0.1) is 0 Å². The van der Waals surface area contributed by atoms with Crippen LogP contribution in [0.3, 0.4) is 0 Å². The van der Waals surface area contributed by atoms with Gasteiger partial charge in [0.15, 0.2) is 0 Å². The lowest BCUT2D eigenvalue weighted by molar-refractivity contribution is 0.0714. The molecule has 0 fully saturated rings. The molecule has 1 aromatic heterocycles. The molecule has 0 saturated carbocycles. The fourth-order valence-corrected chi connectivity index (χ4v) is 2.60. The van der Waals surface area contributed by atoms with Crippen molar-refractivity contribution in [3.8, 4) is 0 Å². The molecular formula is C19H27N3O2. The maximum Gasteiger partial charge on any atom is 0.251 e. The number of rotatable bonds is 7. The molecule has 1 atom stereocenters. The van der Waals surface area contributed by atoms with Gasteiger partial charge in [0.05, 0.1) is 17.8 Å². The van der Waals surface area contributed by atoms with Crippen molar-refractivity contribution in [1.82, 2.24) is 15.1 Å². The molecule has 1 heterocycles. The van der Waals surface area contributed by atoms with Gasteiger partial charge in [0, 0.05) is 24.4 Å². The Kier molecular flexibility index (Phi) is 5.78. The highest BCUT2D eigenvalue weighted by atomic mass is 16.3. The Morgan fingerprint density at radius 2 is 2.17 bits per heavy atom. The summed E-state index contributed by atoms with van der Waals surface area (Å²) in [4.78, 5) is 12.6. The minimum atomic E-state index is -0.703.